The lowest BCUT2D eigenvalue weighted by Gasteiger charge is -2.12. The number of aromatic nitrogens is 2. The molecule has 0 aliphatic carbocycles. The van der Waals surface area contributed by atoms with Crippen LogP contribution in [0.2, 0.25) is 0 Å². The van der Waals surface area contributed by atoms with Gasteiger partial charge in [-0.05, 0) is 63.7 Å². The summed E-state index contributed by atoms with van der Waals surface area (Å²) in [6.45, 7) is 0. The largest absolute Gasteiger partial charge is 0.309 e. The van der Waals surface area contributed by atoms with Gasteiger partial charge in [0.15, 0.2) is 0 Å². The monoisotopic (exact) mass is 582 g/mol. The minimum absolute atomic E-state index is 1.17. The highest BCUT2D eigenvalue weighted by molar-refractivity contribution is 6.28. The third-order valence-corrected chi connectivity index (χ3v) is 10.2. The van der Waals surface area contributed by atoms with E-state index in [1.54, 1.807) is 0 Å². The van der Waals surface area contributed by atoms with Crippen LogP contribution in [0.1, 0.15) is 0 Å². The molecule has 0 fully saturated rings. The fourth-order valence-corrected chi connectivity index (χ4v) is 8.27. The number of para-hydroxylation sites is 3. The Hall–Kier alpha value is -6.12. The van der Waals surface area contributed by atoms with Crippen LogP contribution >= 0.6 is 0 Å². The maximum absolute atomic E-state index is 2.51. The molecular weight excluding hydrogens is 556 g/mol. The first kappa shape index (κ1) is 24.2. The molecule has 0 N–H and O–H groups in total. The number of hydrogen-bond acceptors (Lipinski definition) is 0. The Morgan fingerprint density at radius 2 is 0.957 bits per heavy atom. The second-order valence-electron chi connectivity index (χ2n) is 12.5. The van der Waals surface area contributed by atoms with E-state index in [9.17, 15) is 0 Å². The lowest BCUT2D eigenvalue weighted by molar-refractivity contribution is 1.18. The summed E-state index contributed by atoms with van der Waals surface area (Å²) in [6, 6.07) is 58.2. The molecule has 8 aromatic carbocycles. The van der Waals surface area contributed by atoms with Crippen molar-refractivity contribution in [2.75, 3.05) is 0 Å². The third-order valence-electron chi connectivity index (χ3n) is 10.2. The Kier molecular flexibility index (Phi) is 4.61. The van der Waals surface area contributed by atoms with Crippen LogP contribution in [0.4, 0.5) is 0 Å². The summed E-state index contributed by atoms with van der Waals surface area (Å²) in [6.07, 6.45) is 0. The highest BCUT2D eigenvalue weighted by Crippen LogP contribution is 2.43. The Morgan fingerprint density at radius 3 is 1.85 bits per heavy atom. The van der Waals surface area contributed by atoms with E-state index in [1.807, 2.05) is 0 Å². The summed E-state index contributed by atoms with van der Waals surface area (Å²) in [5, 5.41) is 12.9. The van der Waals surface area contributed by atoms with Crippen molar-refractivity contribution in [3.8, 4) is 16.8 Å². The van der Waals surface area contributed by atoms with Crippen molar-refractivity contribution in [3.05, 3.63) is 158 Å². The van der Waals surface area contributed by atoms with E-state index < -0.39 is 0 Å². The number of nitrogens with zero attached hydrogens (tertiary/aromatic N) is 2. The van der Waals surface area contributed by atoms with Crippen molar-refractivity contribution < 1.29 is 0 Å². The van der Waals surface area contributed by atoms with Gasteiger partial charge in [-0.3, -0.25) is 0 Å². The average molecular weight is 583 g/mol. The maximum Gasteiger partial charge on any atom is 0.0620 e. The summed E-state index contributed by atoms with van der Waals surface area (Å²) in [4.78, 5) is 0. The van der Waals surface area contributed by atoms with Crippen molar-refractivity contribution >= 4 is 81.4 Å². The molecule has 0 saturated carbocycles. The molecular formula is C44H26N2. The average Bonchev–Trinajstić information content (AvgIpc) is 3.75. The summed E-state index contributed by atoms with van der Waals surface area (Å²) >= 11 is 0. The fraction of sp³-hybridized carbons (Fsp3) is 0. The topological polar surface area (TPSA) is 9.34 Å². The van der Waals surface area contributed by atoms with Crippen molar-refractivity contribution in [2.24, 2.45) is 0 Å². The van der Waals surface area contributed by atoms with E-state index in [2.05, 4.69) is 167 Å². The predicted octanol–water partition coefficient (Wildman–Crippen LogP) is 11.9. The molecule has 0 amide bonds. The molecule has 46 heavy (non-hydrogen) atoms. The quantitative estimate of drug-likeness (QED) is 0.192. The molecule has 11 aromatic rings. The van der Waals surface area contributed by atoms with Gasteiger partial charge in [0.2, 0.25) is 0 Å². The maximum atomic E-state index is 2.51. The second kappa shape index (κ2) is 8.74. The van der Waals surface area contributed by atoms with Crippen LogP contribution in [0.15, 0.2) is 158 Å². The van der Waals surface area contributed by atoms with Gasteiger partial charge in [-0.25, -0.2) is 0 Å². The molecule has 0 bridgehead atoms. The third kappa shape index (κ3) is 3.05. The number of rotatable bonds is 2. The standard InChI is InChI=1S/C44H26N2/c1-2-14-31-27(10-1)11-8-17-32(31)28-12-7-13-30(24-28)45-40-20-5-4-16-34(40)39-25-29-22-23-37-36-19-9-18-35-33-15-3-6-21-41(33)46(43(35)36)44(37)38(29)26-42(39)45/h1-26H. The molecule has 0 aliphatic rings. The molecule has 0 spiro atoms. The lowest BCUT2D eigenvalue weighted by atomic mass is 9.98. The molecule has 0 unspecified atom stereocenters. The van der Waals surface area contributed by atoms with Crippen LogP contribution < -0.4 is 0 Å². The first-order valence-corrected chi connectivity index (χ1v) is 15.9. The number of hydrogen-bond donors (Lipinski definition) is 0. The molecule has 212 valence electrons. The predicted molar refractivity (Wildman–Crippen MR) is 196 cm³/mol. The molecule has 11 rings (SSSR count). The summed E-state index contributed by atoms with van der Waals surface area (Å²) in [5.74, 6) is 0. The van der Waals surface area contributed by atoms with Gasteiger partial charge in [-0.2, -0.15) is 0 Å². The zero-order chi connectivity index (χ0) is 29.9. The Balaban J connectivity index is 1.27. The summed E-state index contributed by atoms with van der Waals surface area (Å²) < 4.78 is 4.97. The van der Waals surface area contributed by atoms with Crippen LogP contribution in [-0.2, 0) is 0 Å². The Morgan fingerprint density at radius 1 is 0.326 bits per heavy atom. The van der Waals surface area contributed by atoms with E-state index in [-0.39, 0.29) is 0 Å². The van der Waals surface area contributed by atoms with Crippen LogP contribution in [0.3, 0.4) is 0 Å². The van der Waals surface area contributed by atoms with Gasteiger partial charge in [0.05, 0.1) is 27.6 Å². The molecule has 3 heterocycles. The second-order valence-corrected chi connectivity index (χ2v) is 12.5. The molecule has 0 saturated heterocycles. The van der Waals surface area contributed by atoms with Crippen LogP contribution in [0, 0.1) is 0 Å². The van der Waals surface area contributed by atoms with E-state index in [0.29, 0.717) is 0 Å². The fourth-order valence-electron chi connectivity index (χ4n) is 8.27. The zero-order valence-corrected chi connectivity index (χ0v) is 24.9. The Bertz CT molecular complexity index is 3020. The van der Waals surface area contributed by atoms with Gasteiger partial charge in [-0.1, -0.05) is 121 Å². The summed E-state index contributed by atoms with van der Waals surface area (Å²) in [7, 11) is 0. The van der Waals surface area contributed by atoms with Crippen molar-refractivity contribution in [1.29, 1.82) is 0 Å². The highest BCUT2D eigenvalue weighted by Gasteiger charge is 2.20. The van der Waals surface area contributed by atoms with Crippen molar-refractivity contribution in [1.82, 2.24) is 8.97 Å². The van der Waals surface area contributed by atoms with Crippen LogP contribution in [-0.4, -0.2) is 8.97 Å². The molecule has 2 heteroatoms. The van der Waals surface area contributed by atoms with Crippen molar-refractivity contribution in [3.63, 3.8) is 0 Å². The molecule has 0 aliphatic heterocycles. The molecule has 3 aromatic heterocycles. The molecule has 0 radical (unpaired) electrons. The van der Waals surface area contributed by atoms with Gasteiger partial charge >= 0.3 is 0 Å². The number of benzene rings is 8. The minimum atomic E-state index is 1.17. The van der Waals surface area contributed by atoms with Gasteiger partial charge in [0.25, 0.3) is 0 Å². The van der Waals surface area contributed by atoms with Gasteiger partial charge in [0, 0.05) is 43.4 Å². The van der Waals surface area contributed by atoms with E-state index in [1.165, 1.54) is 98.3 Å². The minimum Gasteiger partial charge on any atom is -0.309 e. The molecule has 0 atom stereocenters. The zero-order valence-electron chi connectivity index (χ0n) is 24.9. The van der Waals surface area contributed by atoms with E-state index >= 15 is 0 Å². The highest BCUT2D eigenvalue weighted by atomic mass is 15.0. The van der Waals surface area contributed by atoms with Gasteiger partial charge < -0.3 is 8.97 Å². The van der Waals surface area contributed by atoms with Crippen LogP contribution in [0.5, 0.6) is 0 Å². The van der Waals surface area contributed by atoms with Gasteiger partial charge in [-0.15, -0.1) is 0 Å². The first-order valence-electron chi connectivity index (χ1n) is 15.9. The van der Waals surface area contributed by atoms with Crippen LogP contribution in [0.25, 0.3) is 98.3 Å². The molecule has 2 nitrogen and oxygen atoms in total. The van der Waals surface area contributed by atoms with Crippen molar-refractivity contribution in [2.45, 2.75) is 0 Å². The SMILES string of the molecule is c1cc(-c2cccc3ccccc23)cc(-n2c3ccccc3c3cc4ccc5c6cccc7c8ccccc8n(c5c4cc32)c76)c1. The first-order chi connectivity index (χ1) is 22.8. The smallest absolute Gasteiger partial charge is 0.0620 e. The van der Waals surface area contributed by atoms with Gasteiger partial charge in [0.1, 0.15) is 0 Å². The number of fused-ring (bicyclic) bond motifs is 12. The Labute approximate surface area is 264 Å². The summed E-state index contributed by atoms with van der Waals surface area (Å²) in [5.41, 5.74) is 9.95. The van der Waals surface area contributed by atoms with E-state index in [0.717, 1.165) is 0 Å². The lowest BCUT2D eigenvalue weighted by Crippen LogP contribution is -1.95. The normalized spacial score (nSPS) is 12.3. The van der Waals surface area contributed by atoms with E-state index in [4.69, 9.17) is 0 Å².